The van der Waals surface area contributed by atoms with Crippen molar-refractivity contribution >= 4 is 29.6 Å². The number of hydrogen-bond acceptors (Lipinski definition) is 5. The molecule has 1 rings (SSSR count). The summed E-state index contributed by atoms with van der Waals surface area (Å²) in [6, 6.07) is 6.51. The molecular formula is C20H28ClNO6. The van der Waals surface area contributed by atoms with Crippen LogP contribution in [-0.2, 0) is 19.1 Å². The van der Waals surface area contributed by atoms with Gasteiger partial charge in [-0.05, 0) is 44.9 Å². The molecule has 0 aromatic heterocycles. The zero-order valence-corrected chi connectivity index (χ0v) is 17.6. The summed E-state index contributed by atoms with van der Waals surface area (Å²) in [4.78, 5) is 35.6. The minimum atomic E-state index is -1.03. The molecule has 0 bridgehead atoms. The van der Waals surface area contributed by atoms with E-state index in [0.717, 1.165) is 0 Å². The molecule has 7 nitrogen and oxygen atoms in total. The summed E-state index contributed by atoms with van der Waals surface area (Å²) in [6.45, 7) is 8.71. The number of carbonyl (C=O) groups is 3. The van der Waals surface area contributed by atoms with Crippen molar-refractivity contribution in [1.82, 2.24) is 5.32 Å². The van der Waals surface area contributed by atoms with Crippen molar-refractivity contribution in [3.63, 3.8) is 0 Å². The van der Waals surface area contributed by atoms with Crippen LogP contribution in [0.3, 0.4) is 0 Å². The van der Waals surface area contributed by atoms with E-state index in [2.05, 4.69) is 5.32 Å². The molecule has 156 valence electrons. The third kappa shape index (κ3) is 7.76. The first-order valence-electron chi connectivity index (χ1n) is 9.05. The number of benzene rings is 1. The standard InChI is InChI=1S/C20H28ClNO6/c1-12(2)17(27-18(25)20(3,4)5)28-19(26)22-11-10-15(16(23)24)13-6-8-14(21)9-7-13/h6-9,12,15,17H,10-11H2,1-5H3,(H,22,26)(H,23,24). The lowest BCUT2D eigenvalue weighted by Crippen LogP contribution is -2.37. The van der Waals surface area contributed by atoms with Gasteiger partial charge in [0.1, 0.15) is 0 Å². The SMILES string of the molecule is CC(C)C(OC(=O)NCCC(C(=O)O)c1ccc(Cl)cc1)OC(=O)C(C)(C)C. The number of carboxylic acids is 1. The highest BCUT2D eigenvalue weighted by Gasteiger charge is 2.30. The van der Waals surface area contributed by atoms with Crippen LogP contribution in [0, 0.1) is 11.3 Å². The summed E-state index contributed by atoms with van der Waals surface area (Å²) in [5, 5.41) is 12.4. The highest BCUT2D eigenvalue weighted by atomic mass is 35.5. The lowest BCUT2D eigenvalue weighted by Gasteiger charge is -2.25. The summed E-state index contributed by atoms with van der Waals surface area (Å²) in [5.41, 5.74) is -0.133. The number of nitrogens with one attached hydrogen (secondary N) is 1. The molecule has 1 amide bonds. The van der Waals surface area contributed by atoms with E-state index in [-0.39, 0.29) is 18.9 Å². The molecule has 2 N–H and O–H groups in total. The molecule has 0 fully saturated rings. The molecule has 8 heteroatoms. The van der Waals surface area contributed by atoms with Crippen molar-refractivity contribution in [2.75, 3.05) is 6.54 Å². The zero-order valence-electron chi connectivity index (χ0n) is 16.8. The second-order valence-corrected chi connectivity index (χ2v) is 8.27. The van der Waals surface area contributed by atoms with Gasteiger partial charge in [0.25, 0.3) is 6.29 Å². The summed E-state index contributed by atoms with van der Waals surface area (Å²) >= 11 is 5.82. The van der Waals surface area contributed by atoms with Crippen LogP contribution >= 0.6 is 11.6 Å². The molecule has 28 heavy (non-hydrogen) atoms. The predicted molar refractivity (Wildman–Crippen MR) is 105 cm³/mol. The molecule has 1 aromatic carbocycles. The summed E-state index contributed by atoms with van der Waals surface area (Å²) < 4.78 is 10.4. The molecule has 0 aliphatic carbocycles. The largest absolute Gasteiger partial charge is 0.481 e. The van der Waals surface area contributed by atoms with Crippen LogP contribution in [0.1, 0.15) is 52.5 Å². The Bertz CT molecular complexity index is 681. The molecule has 0 heterocycles. The van der Waals surface area contributed by atoms with E-state index in [9.17, 15) is 19.5 Å². The number of esters is 1. The van der Waals surface area contributed by atoms with Crippen LogP contribution < -0.4 is 5.32 Å². The van der Waals surface area contributed by atoms with Gasteiger partial charge in [-0.15, -0.1) is 0 Å². The van der Waals surface area contributed by atoms with Crippen molar-refractivity contribution in [3.05, 3.63) is 34.9 Å². The molecular weight excluding hydrogens is 386 g/mol. The van der Waals surface area contributed by atoms with Crippen molar-refractivity contribution in [3.8, 4) is 0 Å². The van der Waals surface area contributed by atoms with Gasteiger partial charge in [-0.25, -0.2) is 4.79 Å². The topological polar surface area (TPSA) is 102 Å². The van der Waals surface area contributed by atoms with Crippen molar-refractivity contribution < 1.29 is 29.0 Å². The Balaban J connectivity index is 2.60. The number of rotatable bonds is 8. The molecule has 1 aromatic rings. The first-order chi connectivity index (χ1) is 12.9. The van der Waals surface area contributed by atoms with E-state index >= 15 is 0 Å². The van der Waals surface area contributed by atoms with Crippen LogP contribution in [-0.4, -0.2) is 36.0 Å². The number of halogens is 1. The lowest BCUT2D eigenvalue weighted by atomic mass is 9.96. The minimum Gasteiger partial charge on any atom is -0.481 e. The van der Waals surface area contributed by atoms with Gasteiger partial charge in [-0.1, -0.05) is 37.6 Å². The van der Waals surface area contributed by atoms with E-state index < -0.39 is 35.7 Å². The molecule has 2 unspecified atom stereocenters. The van der Waals surface area contributed by atoms with E-state index in [1.807, 2.05) is 0 Å². The Morgan fingerprint density at radius 2 is 1.68 bits per heavy atom. The predicted octanol–water partition coefficient (Wildman–Crippen LogP) is 4.20. The van der Waals surface area contributed by atoms with Gasteiger partial charge in [-0.2, -0.15) is 0 Å². The number of amides is 1. The highest BCUT2D eigenvalue weighted by molar-refractivity contribution is 6.30. The fourth-order valence-corrected chi connectivity index (χ4v) is 2.30. The summed E-state index contributed by atoms with van der Waals surface area (Å²) in [5.74, 6) is -2.51. The average molecular weight is 414 g/mol. The average Bonchev–Trinajstić information content (AvgIpc) is 2.57. The number of carboxylic acid groups (broad SMARTS) is 1. The van der Waals surface area contributed by atoms with E-state index in [1.165, 1.54) is 0 Å². The number of alkyl carbamates (subject to hydrolysis) is 1. The molecule has 0 aliphatic rings. The molecule has 2 atom stereocenters. The Kier molecular flexibility index (Phi) is 8.75. The van der Waals surface area contributed by atoms with Gasteiger partial charge in [0, 0.05) is 17.5 Å². The van der Waals surface area contributed by atoms with E-state index in [0.29, 0.717) is 10.6 Å². The third-order valence-electron chi connectivity index (χ3n) is 3.88. The van der Waals surface area contributed by atoms with Crippen molar-refractivity contribution in [2.24, 2.45) is 11.3 Å². The maximum Gasteiger partial charge on any atom is 0.410 e. The molecule has 0 aliphatic heterocycles. The first kappa shape index (κ1) is 23.8. The smallest absolute Gasteiger partial charge is 0.410 e. The maximum atomic E-state index is 12.0. The minimum absolute atomic E-state index is 0.0798. The van der Waals surface area contributed by atoms with Crippen LogP contribution in [0.5, 0.6) is 0 Å². The van der Waals surface area contributed by atoms with Crippen LogP contribution in [0.4, 0.5) is 4.79 Å². The summed E-state index contributed by atoms with van der Waals surface area (Å²) in [7, 11) is 0. The third-order valence-corrected chi connectivity index (χ3v) is 4.13. The molecule has 0 spiro atoms. The van der Waals surface area contributed by atoms with Gasteiger partial charge in [0.05, 0.1) is 11.3 Å². The van der Waals surface area contributed by atoms with Gasteiger partial charge >= 0.3 is 18.0 Å². The Morgan fingerprint density at radius 1 is 1.11 bits per heavy atom. The lowest BCUT2D eigenvalue weighted by molar-refractivity contribution is -0.184. The Labute approximate surface area is 170 Å². The summed E-state index contributed by atoms with van der Waals surface area (Å²) in [6.07, 6.45) is -1.64. The maximum absolute atomic E-state index is 12.0. The normalized spacial score (nSPS) is 13.5. The van der Waals surface area contributed by atoms with Crippen LogP contribution in [0.2, 0.25) is 5.02 Å². The second-order valence-electron chi connectivity index (χ2n) is 7.83. The number of aliphatic carboxylic acids is 1. The van der Waals surface area contributed by atoms with Crippen LogP contribution in [0.25, 0.3) is 0 Å². The van der Waals surface area contributed by atoms with Crippen molar-refractivity contribution in [2.45, 2.75) is 53.2 Å². The van der Waals surface area contributed by atoms with Gasteiger partial charge in [0.15, 0.2) is 0 Å². The Hall–Kier alpha value is -2.28. The number of carbonyl (C=O) groups excluding carboxylic acids is 2. The van der Waals surface area contributed by atoms with Gasteiger partial charge in [-0.3, -0.25) is 9.59 Å². The van der Waals surface area contributed by atoms with E-state index in [1.54, 1.807) is 58.9 Å². The number of hydrogen-bond donors (Lipinski definition) is 2. The van der Waals surface area contributed by atoms with E-state index in [4.69, 9.17) is 21.1 Å². The zero-order chi connectivity index (χ0) is 21.5. The number of ether oxygens (including phenoxy) is 2. The first-order valence-corrected chi connectivity index (χ1v) is 9.43. The van der Waals surface area contributed by atoms with Crippen molar-refractivity contribution in [1.29, 1.82) is 0 Å². The fourth-order valence-electron chi connectivity index (χ4n) is 2.17. The monoisotopic (exact) mass is 413 g/mol. The van der Waals surface area contributed by atoms with Gasteiger partial charge < -0.3 is 19.9 Å². The molecule has 0 radical (unpaired) electrons. The second kappa shape index (κ2) is 10.3. The Morgan fingerprint density at radius 3 is 2.14 bits per heavy atom. The van der Waals surface area contributed by atoms with Gasteiger partial charge in [0.2, 0.25) is 0 Å². The molecule has 0 saturated carbocycles. The fraction of sp³-hybridized carbons (Fsp3) is 0.550. The quantitative estimate of drug-likeness (QED) is 0.489. The molecule has 0 saturated heterocycles. The highest BCUT2D eigenvalue weighted by Crippen LogP contribution is 2.22. The van der Waals surface area contributed by atoms with Crippen LogP contribution in [0.15, 0.2) is 24.3 Å².